The van der Waals surface area contributed by atoms with Gasteiger partial charge in [0.25, 0.3) is 11.6 Å². The summed E-state index contributed by atoms with van der Waals surface area (Å²) in [5, 5.41) is 13.8. The summed E-state index contributed by atoms with van der Waals surface area (Å²) in [7, 11) is 0. The zero-order valence-electron chi connectivity index (χ0n) is 11.4. The third-order valence-electron chi connectivity index (χ3n) is 3.07. The van der Waals surface area contributed by atoms with Crippen molar-refractivity contribution >= 4 is 35.1 Å². The van der Waals surface area contributed by atoms with Crippen molar-refractivity contribution < 1.29 is 14.1 Å². The highest BCUT2D eigenvalue weighted by Gasteiger charge is 2.21. The lowest BCUT2D eigenvalue weighted by atomic mass is 10.1. The second-order valence-electron chi connectivity index (χ2n) is 4.66. The molecule has 1 aliphatic heterocycles. The molecule has 0 aliphatic carbocycles. The fourth-order valence-electron chi connectivity index (χ4n) is 1.98. The van der Waals surface area contributed by atoms with E-state index in [-0.39, 0.29) is 16.8 Å². The number of aryl methyl sites for hydroxylation is 1. The highest BCUT2D eigenvalue weighted by atomic mass is 32.2. The molecule has 0 spiro atoms. The van der Waals surface area contributed by atoms with Crippen molar-refractivity contribution in [2.75, 3.05) is 23.8 Å². The number of nitrogens with zero attached hydrogens (tertiary/aromatic N) is 1. The number of hydrogen-bond donors (Lipinski definition) is 1. The van der Waals surface area contributed by atoms with E-state index < -0.39 is 16.6 Å². The Morgan fingerprint density at radius 3 is 2.90 bits per heavy atom. The van der Waals surface area contributed by atoms with Crippen LogP contribution in [0.1, 0.15) is 15.9 Å². The van der Waals surface area contributed by atoms with Gasteiger partial charge in [-0.05, 0) is 12.5 Å². The zero-order chi connectivity index (χ0) is 15.4. The van der Waals surface area contributed by atoms with Crippen molar-refractivity contribution in [3.05, 3.63) is 39.2 Å². The van der Waals surface area contributed by atoms with E-state index in [4.69, 9.17) is 0 Å². The van der Waals surface area contributed by atoms with Crippen molar-refractivity contribution in [2.45, 2.75) is 12.2 Å². The number of nitro groups is 1. The first-order valence-electron chi connectivity index (χ1n) is 6.41. The molecule has 0 radical (unpaired) electrons. The van der Waals surface area contributed by atoms with Gasteiger partial charge in [-0.15, -0.1) is 0 Å². The van der Waals surface area contributed by atoms with Crippen LogP contribution in [0.4, 0.5) is 10.1 Å². The number of rotatable bonds is 4. The number of amides is 1. The number of nitrogens with one attached hydrogen (secondary N) is 1. The number of benzene rings is 1. The molecule has 0 aromatic heterocycles. The topological polar surface area (TPSA) is 72.2 Å². The van der Waals surface area contributed by atoms with Gasteiger partial charge in [-0.3, -0.25) is 14.9 Å². The standard InChI is InChI=1S/C13H15FN2O3S2/c1-8-4-9(16(18)19)5-11(12(8)14)13(17)15-6-10-7-20-2-3-21-10/h4-5,10H,2-3,6-7H2,1H3,(H,15,17). The van der Waals surface area contributed by atoms with Gasteiger partial charge < -0.3 is 5.32 Å². The van der Waals surface area contributed by atoms with Crippen LogP contribution in [0.3, 0.4) is 0 Å². The van der Waals surface area contributed by atoms with Crippen LogP contribution >= 0.6 is 23.5 Å². The molecule has 5 nitrogen and oxygen atoms in total. The van der Waals surface area contributed by atoms with Gasteiger partial charge in [0, 0.05) is 41.2 Å². The molecule has 1 N–H and O–H groups in total. The molecular weight excluding hydrogens is 315 g/mol. The molecule has 1 aliphatic rings. The summed E-state index contributed by atoms with van der Waals surface area (Å²) in [5.41, 5.74) is -0.450. The summed E-state index contributed by atoms with van der Waals surface area (Å²) < 4.78 is 14.0. The van der Waals surface area contributed by atoms with E-state index in [1.54, 1.807) is 11.8 Å². The van der Waals surface area contributed by atoms with Gasteiger partial charge in [-0.25, -0.2) is 4.39 Å². The molecule has 0 saturated carbocycles. The van der Waals surface area contributed by atoms with Crippen LogP contribution in [-0.2, 0) is 0 Å². The number of carbonyl (C=O) groups excluding carboxylic acids is 1. The molecule has 1 heterocycles. The summed E-state index contributed by atoms with van der Waals surface area (Å²) in [6.07, 6.45) is 0. The quantitative estimate of drug-likeness (QED) is 0.679. The van der Waals surface area contributed by atoms with Crippen LogP contribution in [0.5, 0.6) is 0 Å². The normalized spacial score (nSPS) is 18.3. The van der Waals surface area contributed by atoms with Crippen molar-refractivity contribution in [1.29, 1.82) is 0 Å². The van der Waals surface area contributed by atoms with Gasteiger partial charge in [0.05, 0.1) is 10.5 Å². The highest BCUT2D eigenvalue weighted by Crippen LogP contribution is 2.24. The molecule has 1 aromatic rings. The average molecular weight is 330 g/mol. The third kappa shape index (κ3) is 4.10. The lowest BCUT2D eigenvalue weighted by Crippen LogP contribution is -2.34. The van der Waals surface area contributed by atoms with Crippen LogP contribution in [0.15, 0.2) is 12.1 Å². The third-order valence-corrected chi connectivity index (χ3v) is 5.91. The average Bonchev–Trinajstić information content (AvgIpc) is 2.48. The Morgan fingerprint density at radius 2 is 2.29 bits per heavy atom. The Morgan fingerprint density at radius 1 is 1.52 bits per heavy atom. The smallest absolute Gasteiger partial charge is 0.270 e. The lowest BCUT2D eigenvalue weighted by molar-refractivity contribution is -0.385. The van der Waals surface area contributed by atoms with Gasteiger partial charge >= 0.3 is 0 Å². The van der Waals surface area contributed by atoms with E-state index >= 15 is 0 Å². The molecule has 0 bridgehead atoms. The van der Waals surface area contributed by atoms with Gasteiger partial charge in [-0.1, -0.05) is 0 Å². The maximum Gasteiger partial charge on any atom is 0.270 e. The first kappa shape index (κ1) is 16.1. The van der Waals surface area contributed by atoms with Crippen LogP contribution in [0.2, 0.25) is 0 Å². The maximum absolute atomic E-state index is 14.0. The Hall–Kier alpha value is -1.28. The Labute approximate surface area is 130 Å². The minimum absolute atomic E-state index is 0.0944. The van der Waals surface area contributed by atoms with Crippen LogP contribution < -0.4 is 5.32 Å². The number of thioether (sulfide) groups is 2. The van der Waals surface area contributed by atoms with Crippen LogP contribution in [0.25, 0.3) is 0 Å². The fourth-order valence-corrected chi connectivity index (χ4v) is 4.59. The SMILES string of the molecule is Cc1cc([N+](=O)[O-])cc(C(=O)NCC2CSCCS2)c1F. The van der Waals surface area contributed by atoms with E-state index in [0.29, 0.717) is 11.8 Å². The summed E-state index contributed by atoms with van der Waals surface area (Å²) in [4.78, 5) is 22.2. The molecule has 1 unspecified atom stereocenters. The van der Waals surface area contributed by atoms with E-state index in [0.717, 1.165) is 29.4 Å². The predicted molar refractivity (Wildman–Crippen MR) is 83.7 cm³/mol. The molecule has 2 rings (SSSR count). The molecule has 21 heavy (non-hydrogen) atoms. The maximum atomic E-state index is 14.0. The summed E-state index contributed by atoms with van der Waals surface area (Å²) >= 11 is 3.61. The van der Waals surface area contributed by atoms with Gasteiger partial charge in [0.1, 0.15) is 5.82 Å². The van der Waals surface area contributed by atoms with Gasteiger partial charge in [0.2, 0.25) is 0 Å². The minimum Gasteiger partial charge on any atom is -0.351 e. The van der Waals surface area contributed by atoms with E-state index in [1.807, 2.05) is 11.8 Å². The molecule has 1 atom stereocenters. The zero-order valence-corrected chi connectivity index (χ0v) is 13.1. The highest BCUT2D eigenvalue weighted by molar-refractivity contribution is 8.06. The van der Waals surface area contributed by atoms with Crippen molar-refractivity contribution in [1.82, 2.24) is 5.32 Å². The Balaban J connectivity index is 2.09. The van der Waals surface area contributed by atoms with Gasteiger partial charge in [-0.2, -0.15) is 23.5 Å². The number of non-ortho nitro benzene ring substituents is 1. The summed E-state index contributed by atoms with van der Waals surface area (Å²) in [5.74, 6) is 1.78. The molecule has 1 aromatic carbocycles. The monoisotopic (exact) mass is 330 g/mol. The number of carbonyl (C=O) groups is 1. The number of halogens is 1. The molecule has 114 valence electrons. The number of nitro benzene ring substituents is 1. The molecular formula is C13H15FN2O3S2. The van der Waals surface area contributed by atoms with Crippen LogP contribution in [-0.4, -0.2) is 39.9 Å². The molecule has 1 saturated heterocycles. The largest absolute Gasteiger partial charge is 0.351 e. The summed E-state index contributed by atoms with van der Waals surface area (Å²) in [6, 6.07) is 2.11. The van der Waals surface area contributed by atoms with Crippen molar-refractivity contribution in [3.8, 4) is 0 Å². The fraction of sp³-hybridized carbons (Fsp3) is 0.462. The second-order valence-corrected chi connectivity index (χ2v) is 7.22. The van der Waals surface area contributed by atoms with Crippen molar-refractivity contribution in [3.63, 3.8) is 0 Å². The molecule has 8 heteroatoms. The lowest BCUT2D eigenvalue weighted by Gasteiger charge is -2.21. The Kier molecular flexibility index (Phi) is 5.46. The van der Waals surface area contributed by atoms with E-state index in [1.165, 1.54) is 6.92 Å². The van der Waals surface area contributed by atoms with Crippen LogP contribution in [0, 0.1) is 22.9 Å². The molecule has 1 amide bonds. The first-order chi connectivity index (χ1) is 9.99. The van der Waals surface area contributed by atoms with Gasteiger partial charge in [0.15, 0.2) is 0 Å². The minimum atomic E-state index is -0.705. The summed E-state index contributed by atoms with van der Waals surface area (Å²) in [6.45, 7) is 1.85. The second kappa shape index (κ2) is 7.13. The molecule has 1 fully saturated rings. The van der Waals surface area contributed by atoms with E-state index in [9.17, 15) is 19.3 Å². The number of hydrogen-bond acceptors (Lipinski definition) is 5. The van der Waals surface area contributed by atoms with E-state index in [2.05, 4.69) is 5.32 Å². The Bertz CT molecular complexity index is 563. The first-order valence-corrected chi connectivity index (χ1v) is 8.61. The van der Waals surface area contributed by atoms with Crippen molar-refractivity contribution in [2.24, 2.45) is 0 Å². The predicted octanol–water partition coefficient (Wildman–Crippen LogP) is 2.62.